The van der Waals surface area contributed by atoms with Gasteiger partial charge >= 0.3 is 0 Å². The molecule has 1 heterocycles. The van der Waals surface area contributed by atoms with Crippen molar-refractivity contribution in [3.63, 3.8) is 0 Å². The fraction of sp³-hybridized carbons (Fsp3) is 0.533. The summed E-state index contributed by atoms with van der Waals surface area (Å²) in [5.74, 6) is 0.824. The van der Waals surface area contributed by atoms with E-state index in [1.165, 1.54) is 5.69 Å². The van der Waals surface area contributed by atoms with E-state index in [9.17, 15) is 0 Å². The summed E-state index contributed by atoms with van der Waals surface area (Å²) in [6.07, 6.45) is 1.08. The number of ether oxygens (including phenoxy) is 1. The average molecular weight is 439 g/mol. The van der Waals surface area contributed by atoms with E-state index in [4.69, 9.17) is 16.3 Å². The van der Waals surface area contributed by atoms with Crippen molar-refractivity contribution in [2.24, 2.45) is 4.99 Å². The Bertz CT molecular complexity index is 486. The first kappa shape index (κ1) is 19.3. The number of nitrogens with one attached hydrogen (secondary N) is 2. The Morgan fingerprint density at radius 3 is 3.00 bits per heavy atom. The van der Waals surface area contributed by atoms with Gasteiger partial charge in [-0.15, -0.1) is 24.0 Å². The Balaban J connectivity index is 0.00000242. The molecule has 5 nitrogen and oxygen atoms in total. The molecule has 0 bridgehead atoms. The first-order valence-electron chi connectivity index (χ1n) is 7.19. The number of rotatable bonds is 5. The lowest BCUT2D eigenvalue weighted by Crippen LogP contribution is -2.45. The van der Waals surface area contributed by atoms with Gasteiger partial charge in [-0.3, -0.25) is 4.99 Å². The third-order valence-electron chi connectivity index (χ3n) is 3.52. The minimum Gasteiger partial charge on any atom is -0.383 e. The third kappa shape index (κ3) is 5.81. The van der Waals surface area contributed by atoms with Gasteiger partial charge in [-0.1, -0.05) is 17.7 Å². The molecule has 1 atom stereocenters. The van der Waals surface area contributed by atoms with E-state index < -0.39 is 0 Å². The number of hydrogen-bond acceptors (Lipinski definition) is 3. The molecule has 0 radical (unpaired) electrons. The summed E-state index contributed by atoms with van der Waals surface area (Å²) < 4.78 is 5.03. The highest BCUT2D eigenvalue weighted by atomic mass is 127. The second-order valence-electron chi connectivity index (χ2n) is 5.05. The Morgan fingerprint density at radius 2 is 2.32 bits per heavy atom. The molecule has 1 unspecified atom stereocenters. The maximum Gasteiger partial charge on any atom is 0.191 e. The van der Waals surface area contributed by atoms with E-state index in [0.717, 1.165) is 37.0 Å². The number of anilines is 1. The molecule has 2 N–H and O–H groups in total. The smallest absolute Gasteiger partial charge is 0.191 e. The highest BCUT2D eigenvalue weighted by Crippen LogP contribution is 2.23. The van der Waals surface area contributed by atoms with Gasteiger partial charge in [0.2, 0.25) is 0 Å². The predicted octanol–water partition coefficient (Wildman–Crippen LogP) is 2.35. The van der Waals surface area contributed by atoms with Crippen LogP contribution in [0.3, 0.4) is 0 Å². The van der Waals surface area contributed by atoms with Crippen LogP contribution < -0.4 is 15.5 Å². The normalized spacial score (nSPS) is 18.0. The van der Waals surface area contributed by atoms with Crippen molar-refractivity contribution >= 4 is 47.2 Å². The van der Waals surface area contributed by atoms with Gasteiger partial charge in [-0.2, -0.15) is 0 Å². The fourth-order valence-electron chi connectivity index (χ4n) is 2.44. The Kier molecular flexibility index (Phi) is 8.89. The molecule has 0 spiro atoms. The summed E-state index contributed by atoms with van der Waals surface area (Å²) in [7, 11) is 3.48. The van der Waals surface area contributed by atoms with Gasteiger partial charge in [-0.05, 0) is 24.6 Å². The number of methoxy groups -OCH3 is 1. The van der Waals surface area contributed by atoms with Crippen LogP contribution in [-0.4, -0.2) is 52.4 Å². The molecule has 0 saturated carbocycles. The Morgan fingerprint density at radius 1 is 1.50 bits per heavy atom. The molecule has 1 aliphatic rings. The second kappa shape index (κ2) is 10.1. The highest BCUT2D eigenvalue weighted by Gasteiger charge is 2.23. The SMILES string of the molecule is CN=C(NCCOC)NC1CCN(c2cccc(Cl)c2)C1.I. The number of benzene rings is 1. The van der Waals surface area contributed by atoms with E-state index in [1.807, 2.05) is 18.2 Å². The van der Waals surface area contributed by atoms with Crippen LogP contribution in [0.4, 0.5) is 5.69 Å². The number of aliphatic imine (C=N–C) groups is 1. The van der Waals surface area contributed by atoms with Gasteiger partial charge in [0.15, 0.2) is 5.96 Å². The van der Waals surface area contributed by atoms with Crippen LogP contribution in [-0.2, 0) is 4.74 Å². The van der Waals surface area contributed by atoms with Crippen LogP contribution in [0.1, 0.15) is 6.42 Å². The summed E-state index contributed by atoms with van der Waals surface area (Å²) in [5, 5.41) is 7.46. The minimum atomic E-state index is 0. The highest BCUT2D eigenvalue weighted by molar-refractivity contribution is 14.0. The molecule has 7 heteroatoms. The molecule has 1 fully saturated rings. The van der Waals surface area contributed by atoms with Crippen molar-refractivity contribution in [3.05, 3.63) is 29.3 Å². The van der Waals surface area contributed by atoms with Gasteiger partial charge in [0.1, 0.15) is 0 Å². The summed E-state index contributed by atoms with van der Waals surface area (Å²) in [4.78, 5) is 6.57. The van der Waals surface area contributed by atoms with Crippen molar-refractivity contribution in [2.75, 3.05) is 45.3 Å². The molecule has 124 valence electrons. The van der Waals surface area contributed by atoms with Crippen molar-refractivity contribution < 1.29 is 4.74 Å². The van der Waals surface area contributed by atoms with Gasteiger partial charge in [0, 0.05) is 50.5 Å². The minimum absolute atomic E-state index is 0. The zero-order valence-corrected chi connectivity index (χ0v) is 16.1. The topological polar surface area (TPSA) is 48.9 Å². The Hall–Kier alpha value is -0.730. The van der Waals surface area contributed by atoms with Crippen molar-refractivity contribution in [1.29, 1.82) is 0 Å². The number of guanidine groups is 1. The van der Waals surface area contributed by atoms with Crippen LogP contribution in [0, 0.1) is 0 Å². The van der Waals surface area contributed by atoms with Crippen LogP contribution in [0.2, 0.25) is 5.02 Å². The largest absolute Gasteiger partial charge is 0.383 e. The van der Waals surface area contributed by atoms with E-state index in [0.29, 0.717) is 12.6 Å². The lowest BCUT2D eigenvalue weighted by Gasteiger charge is -2.20. The first-order valence-corrected chi connectivity index (χ1v) is 7.57. The predicted molar refractivity (Wildman–Crippen MR) is 104 cm³/mol. The van der Waals surface area contributed by atoms with Crippen molar-refractivity contribution in [1.82, 2.24) is 10.6 Å². The molecular weight excluding hydrogens is 415 g/mol. The van der Waals surface area contributed by atoms with Crippen molar-refractivity contribution in [3.8, 4) is 0 Å². The first-order chi connectivity index (χ1) is 10.2. The Labute approximate surface area is 154 Å². The molecule has 0 amide bonds. The maximum atomic E-state index is 6.05. The molecule has 1 aromatic rings. The standard InChI is InChI=1S/C15H23ClN4O.HI/c1-17-15(18-7-9-21-2)19-13-6-8-20(11-13)14-5-3-4-12(16)10-14;/h3-5,10,13H,6-9,11H2,1-2H3,(H2,17,18,19);1H. The number of hydrogen-bond donors (Lipinski definition) is 2. The zero-order valence-electron chi connectivity index (χ0n) is 13.0. The van der Waals surface area contributed by atoms with Crippen LogP contribution in [0.15, 0.2) is 29.3 Å². The maximum absolute atomic E-state index is 6.05. The summed E-state index contributed by atoms with van der Waals surface area (Å²) in [6.45, 7) is 3.39. The fourth-order valence-corrected chi connectivity index (χ4v) is 2.63. The average Bonchev–Trinajstić information content (AvgIpc) is 2.95. The third-order valence-corrected chi connectivity index (χ3v) is 3.76. The molecule has 1 aromatic carbocycles. The van der Waals surface area contributed by atoms with Gasteiger partial charge < -0.3 is 20.3 Å². The lowest BCUT2D eigenvalue weighted by atomic mass is 10.3. The van der Waals surface area contributed by atoms with Gasteiger partial charge in [0.05, 0.1) is 6.61 Å². The van der Waals surface area contributed by atoms with Crippen molar-refractivity contribution in [2.45, 2.75) is 12.5 Å². The van der Waals surface area contributed by atoms with E-state index in [-0.39, 0.29) is 24.0 Å². The monoisotopic (exact) mass is 438 g/mol. The van der Waals surface area contributed by atoms with Gasteiger partial charge in [-0.25, -0.2) is 0 Å². The zero-order chi connectivity index (χ0) is 15.1. The summed E-state index contributed by atoms with van der Waals surface area (Å²) in [5.41, 5.74) is 1.18. The van der Waals surface area contributed by atoms with Crippen LogP contribution >= 0.6 is 35.6 Å². The summed E-state index contributed by atoms with van der Waals surface area (Å²) in [6, 6.07) is 8.38. The molecule has 22 heavy (non-hydrogen) atoms. The number of nitrogens with zero attached hydrogens (tertiary/aromatic N) is 2. The second-order valence-corrected chi connectivity index (χ2v) is 5.48. The molecular formula is C15H24ClIN4O. The van der Waals surface area contributed by atoms with E-state index in [1.54, 1.807) is 14.2 Å². The quantitative estimate of drug-likeness (QED) is 0.321. The van der Waals surface area contributed by atoms with E-state index in [2.05, 4.69) is 26.6 Å². The van der Waals surface area contributed by atoms with Crippen LogP contribution in [0.25, 0.3) is 0 Å². The molecule has 1 saturated heterocycles. The molecule has 1 aliphatic heterocycles. The molecule has 2 rings (SSSR count). The van der Waals surface area contributed by atoms with E-state index >= 15 is 0 Å². The van der Waals surface area contributed by atoms with Crippen LogP contribution in [0.5, 0.6) is 0 Å². The van der Waals surface area contributed by atoms with Gasteiger partial charge in [0.25, 0.3) is 0 Å². The molecule has 0 aliphatic carbocycles. The number of halogens is 2. The molecule has 0 aromatic heterocycles. The lowest BCUT2D eigenvalue weighted by molar-refractivity contribution is 0.203. The summed E-state index contributed by atoms with van der Waals surface area (Å²) >= 11 is 6.05.